The van der Waals surface area contributed by atoms with E-state index in [1.54, 1.807) is 0 Å². The molecule has 43 heavy (non-hydrogen) atoms. The highest BCUT2D eigenvalue weighted by Crippen LogP contribution is 2.73. The van der Waals surface area contributed by atoms with Crippen molar-refractivity contribution in [1.82, 2.24) is 0 Å². The van der Waals surface area contributed by atoms with E-state index >= 15 is 0 Å². The zero-order chi connectivity index (χ0) is 31.0. The van der Waals surface area contributed by atoms with Crippen LogP contribution in [-0.2, 0) is 34.3 Å². The summed E-state index contributed by atoms with van der Waals surface area (Å²) in [6.45, 7) is 0. The molecule has 2 aromatic rings. The highest BCUT2D eigenvalue weighted by atomic mass is 16.7. The molecule has 0 bridgehead atoms. The maximum Gasteiger partial charge on any atom is 0.308 e. The fourth-order valence-corrected chi connectivity index (χ4v) is 7.78. The van der Waals surface area contributed by atoms with Crippen molar-refractivity contribution < 1.29 is 58.2 Å². The van der Waals surface area contributed by atoms with Crippen LogP contribution in [0.3, 0.4) is 0 Å². The first-order valence-corrected chi connectivity index (χ1v) is 13.6. The molecule has 0 aromatic heterocycles. The predicted molar refractivity (Wildman–Crippen MR) is 143 cm³/mol. The van der Waals surface area contributed by atoms with E-state index in [0.29, 0.717) is 0 Å². The number of aliphatic hydroxyl groups excluding tert-OH is 1. The van der Waals surface area contributed by atoms with E-state index in [2.05, 4.69) is 0 Å². The van der Waals surface area contributed by atoms with E-state index in [-0.39, 0.29) is 46.2 Å². The summed E-state index contributed by atoms with van der Waals surface area (Å²) >= 11 is 0. The molecule has 0 amide bonds. The van der Waals surface area contributed by atoms with Crippen LogP contribution in [0.25, 0.3) is 0 Å². The smallest absolute Gasteiger partial charge is 0.308 e. The van der Waals surface area contributed by atoms with Crippen LogP contribution in [-0.4, -0.2) is 78.1 Å². The molecule has 12 nitrogen and oxygen atoms in total. The van der Waals surface area contributed by atoms with Gasteiger partial charge in [0.2, 0.25) is 5.79 Å². The first kappa shape index (κ1) is 28.7. The maximum absolute atomic E-state index is 14.6. The summed E-state index contributed by atoms with van der Waals surface area (Å²) in [5.74, 6) is -9.62. The molecule has 2 aromatic carbocycles. The normalized spacial score (nSPS) is 29.3. The third-order valence-electron chi connectivity index (χ3n) is 9.25. The van der Waals surface area contributed by atoms with Crippen LogP contribution in [0, 0.1) is 17.3 Å². The number of aromatic hydroxyl groups is 2. The number of carbonyl (C=O) groups excluding carboxylic acids is 5. The second-order valence-corrected chi connectivity index (χ2v) is 11.1. The van der Waals surface area contributed by atoms with E-state index < -0.39 is 82.5 Å². The predicted octanol–water partition coefficient (Wildman–Crippen LogP) is 1.98. The van der Waals surface area contributed by atoms with Crippen molar-refractivity contribution >= 4 is 29.3 Å². The first-order chi connectivity index (χ1) is 20.5. The van der Waals surface area contributed by atoms with Gasteiger partial charge in [-0.1, -0.05) is 24.3 Å². The van der Waals surface area contributed by atoms with E-state index in [0.717, 1.165) is 7.11 Å². The molecule has 224 valence electrons. The number of hydrogen-bond acceptors (Lipinski definition) is 12. The van der Waals surface area contributed by atoms with Crippen LogP contribution in [0.1, 0.15) is 55.9 Å². The molecule has 6 unspecified atom stereocenters. The molecule has 1 spiro atoms. The number of ether oxygens (including phenoxy) is 4. The van der Waals surface area contributed by atoms with Gasteiger partial charge in [0.15, 0.2) is 17.3 Å². The molecule has 4 aliphatic rings. The number of phenolic OH excluding ortho intramolecular Hbond substituents is 2. The minimum Gasteiger partial charge on any atom is -0.507 e. The van der Waals surface area contributed by atoms with Crippen molar-refractivity contribution in [2.24, 2.45) is 17.3 Å². The number of rotatable bonds is 6. The number of carbonyl (C=O) groups is 5. The van der Waals surface area contributed by atoms with Gasteiger partial charge in [-0.2, -0.15) is 0 Å². The van der Waals surface area contributed by atoms with E-state index in [4.69, 9.17) is 18.9 Å². The summed E-state index contributed by atoms with van der Waals surface area (Å²) < 4.78 is 22.2. The summed E-state index contributed by atoms with van der Waals surface area (Å²) in [7, 11) is 3.57. The van der Waals surface area contributed by atoms with Crippen molar-refractivity contribution in [2.45, 2.75) is 37.3 Å². The third-order valence-corrected chi connectivity index (χ3v) is 9.25. The number of Topliss-reactive ketones (excluding diaryl/α,β-unsaturated/α-hetero) is 3. The fourth-order valence-electron chi connectivity index (χ4n) is 7.78. The van der Waals surface area contributed by atoms with Crippen LogP contribution in [0.5, 0.6) is 11.5 Å². The van der Waals surface area contributed by atoms with Crippen molar-refractivity contribution in [3.8, 4) is 11.5 Å². The van der Waals surface area contributed by atoms with Gasteiger partial charge in [-0.3, -0.25) is 24.0 Å². The van der Waals surface area contributed by atoms with Crippen molar-refractivity contribution in [3.63, 3.8) is 0 Å². The van der Waals surface area contributed by atoms with Gasteiger partial charge in [0.05, 0.1) is 55.8 Å². The number of benzene rings is 2. The highest BCUT2D eigenvalue weighted by molar-refractivity contribution is 6.30. The number of methoxy groups -OCH3 is 3. The molecule has 0 saturated carbocycles. The lowest BCUT2D eigenvalue weighted by atomic mass is 9.55. The Bertz CT molecular complexity index is 1660. The number of aliphatic hydroxyl groups is 1. The Balaban J connectivity index is 1.72. The molecule has 1 fully saturated rings. The molecule has 12 heteroatoms. The lowest BCUT2D eigenvalue weighted by Gasteiger charge is -2.50. The molecule has 1 aliphatic heterocycles. The Hall–Kier alpha value is -4.39. The molecule has 6 rings (SSSR count). The summed E-state index contributed by atoms with van der Waals surface area (Å²) in [5, 5.41) is 33.3. The van der Waals surface area contributed by atoms with E-state index in [9.17, 15) is 39.3 Å². The third kappa shape index (κ3) is 3.57. The lowest BCUT2D eigenvalue weighted by molar-refractivity contribution is -0.269. The summed E-state index contributed by atoms with van der Waals surface area (Å²) in [6, 6.07) is 8.19. The molecular formula is C31H28O12. The SMILES string of the molecule is COC(=O)CC1CC23C4=C(C(=O)c5cccc(O)c5C4=O)C(C(O)CC(=O)OC)C2C(=O)c2c(O)cccc2C3(OC)O1. The largest absolute Gasteiger partial charge is 0.507 e. The quantitative estimate of drug-likeness (QED) is 0.415. The average Bonchev–Trinajstić information content (AvgIpc) is 3.48. The van der Waals surface area contributed by atoms with Crippen molar-refractivity contribution in [1.29, 1.82) is 0 Å². The van der Waals surface area contributed by atoms with Gasteiger partial charge in [0, 0.05) is 41.2 Å². The van der Waals surface area contributed by atoms with Gasteiger partial charge in [-0.15, -0.1) is 0 Å². The first-order valence-electron chi connectivity index (χ1n) is 13.6. The Morgan fingerprint density at radius 2 is 1.60 bits per heavy atom. The second kappa shape index (κ2) is 9.83. The molecule has 6 atom stereocenters. The Morgan fingerprint density at radius 3 is 2.26 bits per heavy atom. The molecule has 1 saturated heterocycles. The Labute approximate surface area is 244 Å². The van der Waals surface area contributed by atoms with Gasteiger partial charge in [-0.05, 0) is 18.6 Å². The lowest BCUT2D eigenvalue weighted by Crippen LogP contribution is -2.57. The van der Waals surface area contributed by atoms with Crippen LogP contribution < -0.4 is 0 Å². The van der Waals surface area contributed by atoms with Crippen molar-refractivity contribution in [3.05, 3.63) is 69.8 Å². The molecule has 0 radical (unpaired) electrons. The second-order valence-electron chi connectivity index (χ2n) is 11.1. The Morgan fingerprint density at radius 1 is 0.953 bits per heavy atom. The van der Waals surface area contributed by atoms with Gasteiger partial charge in [-0.25, -0.2) is 0 Å². The van der Waals surface area contributed by atoms with E-state index in [1.807, 2.05) is 0 Å². The fraction of sp³-hybridized carbons (Fsp3) is 0.387. The van der Waals surface area contributed by atoms with Crippen LogP contribution in [0.4, 0.5) is 0 Å². The average molecular weight is 593 g/mol. The van der Waals surface area contributed by atoms with Gasteiger partial charge < -0.3 is 34.3 Å². The molecule has 3 N–H and O–H groups in total. The number of fused-ring (bicyclic) bond motifs is 3. The molecular weight excluding hydrogens is 564 g/mol. The number of esters is 2. The summed E-state index contributed by atoms with van der Waals surface area (Å²) in [6.07, 6.45) is -3.89. The van der Waals surface area contributed by atoms with Crippen LogP contribution >= 0.6 is 0 Å². The van der Waals surface area contributed by atoms with Gasteiger partial charge >= 0.3 is 11.9 Å². The molecule has 1 heterocycles. The zero-order valence-corrected chi connectivity index (χ0v) is 23.4. The Kier molecular flexibility index (Phi) is 6.56. The zero-order valence-electron chi connectivity index (χ0n) is 23.4. The van der Waals surface area contributed by atoms with Gasteiger partial charge in [0.25, 0.3) is 0 Å². The minimum absolute atomic E-state index is 0.0573. The summed E-state index contributed by atoms with van der Waals surface area (Å²) in [5.41, 5.74) is -2.88. The standard InChI is InChI=1S/C31H28O12/c1-40-19(35)10-13-12-30-25(29(39)22-15(7-5-9-17(22)33)31(30,42-3)43-13)23(18(34)11-20(36)41-2)24-26(30)28(38)21-14(27(24)37)6-4-8-16(21)32/h4-9,13,18,23,25,32-34H,10-12H2,1-3H3. The van der Waals surface area contributed by atoms with Crippen LogP contribution in [0.15, 0.2) is 47.5 Å². The van der Waals surface area contributed by atoms with Crippen molar-refractivity contribution in [2.75, 3.05) is 21.3 Å². The van der Waals surface area contributed by atoms with Crippen LogP contribution in [0.2, 0.25) is 0 Å². The van der Waals surface area contributed by atoms with Gasteiger partial charge in [0.1, 0.15) is 11.5 Å². The summed E-state index contributed by atoms with van der Waals surface area (Å²) in [4.78, 5) is 68.2. The molecule has 3 aliphatic carbocycles. The highest BCUT2D eigenvalue weighted by Gasteiger charge is 2.78. The number of hydrogen-bond donors (Lipinski definition) is 3. The maximum atomic E-state index is 14.6. The minimum atomic E-state index is -2.03. The number of phenols is 2. The topological polar surface area (TPSA) is 183 Å². The van der Waals surface area contributed by atoms with E-state index in [1.165, 1.54) is 50.6 Å². The number of ketones is 3. The monoisotopic (exact) mass is 592 g/mol.